The molecule has 1 heterocycles. The minimum Gasteiger partial charge on any atom is -0.259 e. The average Bonchev–Trinajstić information content (AvgIpc) is 2.11. The fraction of sp³-hybridized carbons (Fsp3) is 0.500. The molecular weight excluding hydrogens is 172 g/mol. The summed E-state index contributed by atoms with van der Waals surface area (Å²) in [6, 6.07) is 0. The molecule has 0 radical (unpaired) electrons. The highest BCUT2D eigenvalue weighted by atomic mass is 19.3. The van der Waals surface area contributed by atoms with Gasteiger partial charge in [-0.2, -0.15) is 8.78 Å². The van der Waals surface area contributed by atoms with Crippen LogP contribution in [-0.4, -0.2) is 11.6 Å². The number of aliphatic imine (C=N–C) groups is 1. The number of nitrogens with zero attached hydrogens (tertiary/aromatic N) is 1. The summed E-state index contributed by atoms with van der Waals surface area (Å²) in [4.78, 5) is 3.82. The SMILES string of the molecule is FC1(F)C=CC=CN=C1C1CCC1. The fourth-order valence-electron chi connectivity index (χ4n) is 1.58. The molecule has 1 aliphatic heterocycles. The molecule has 0 saturated heterocycles. The normalized spacial score (nSPS) is 26.5. The number of alkyl halides is 2. The molecule has 3 heteroatoms. The summed E-state index contributed by atoms with van der Waals surface area (Å²) in [7, 11) is 0. The lowest BCUT2D eigenvalue weighted by molar-refractivity contribution is 0.123. The van der Waals surface area contributed by atoms with Crippen LogP contribution in [0.5, 0.6) is 0 Å². The molecule has 0 unspecified atom stereocenters. The maximum atomic E-state index is 13.3. The summed E-state index contributed by atoms with van der Waals surface area (Å²) >= 11 is 0. The monoisotopic (exact) mass is 183 g/mol. The molecule has 0 N–H and O–H groups in total. The fourth-order valence-corrected chi connectivity index (χ4v) is 1.58. The minimum atomic E-state index is -2.84. The predicted octanol–water partition coefficient (Wildman–Crippen LogP) is 2.95. The number of hydrogen-bond acceptors (Lipinski definition) is 1. The Bertz CT molecular complexity index is 285. The van der Waals surface area contributed by atoms with E-state index in [1.165, 1.54) is 12.3 Å². The smallest absolute Gasteiger partial charge is 0.259 e. The van der Waals surface area contributed by atoms with Crippen molar-refractivity contribution in [1.82, 2.24) is 0 Å². The van der Waals surface area contributed by atoms with Crippen LogP contribution in [0.2, 0.25) is 0 Å². The van der Waals surface area contributed by atoms with E-state index in [9.17, 15) is 8.78 Å². The van der Waals surface area contributed by atoms with Crippen molar-refractivity contribution in [1.29, 1.82) is 0 Å². The molecule has 70 valence electrons. The van der Waals surface area contributed by atoms with E-state index in [1.807, 2.05) is 0 Å². The van der Waals surface area contributed by atoms with Crippen LogP contribution in [0.25, 0.3) is 0 Å². The summed E-state index contributed by atoms with van der Waals surface area (Å²) in [5.41, 5.74) is 0.0451. The second kappa shape index (κ2) is 3.05. The number of halogens is 2. The van der Waals surface area contributed by atoms with Crippen molar-refractivity contribution in [3.8, 4) is 0 Å². The van der Waals surface area contributed by atoms with Gasteiger partial charge in [0.2, 0.25) is 0 Å². The second-order valence-corrected chi connectivity index (χ2v) is 3.47. The van der Waals surface area contributed by atoms with E-state index in [1.54, 1.807) is 6.08 Å². The van der Waals surface area contributed by atoms with Gasteiger partial charge in [0, 0.05) is 12.1 Å². The van der Waals surface area contributed by atoms with Gasteiger partial charge in [0.05, 0.1) is 5.71 Å². The molecule has 0 aromatic rings. The zero-order chi connectivity index (χ0) is 9.31. The van der Waals surface area contributed by atoms with Crippen molar-refractivity contribution in [2.45, 2.75) is 25.2 Å². The summed E-state index contributed by atoms with van der Waals surface area (Å²) in [6.45, 7) is 0. The van der Waals surface area contributed by atoms with Gasteiger partial charge in [-0.15, -0.1) is 0 Å². The maximum absolute atomic E-state index is 13.3. The zero-order valence-corrected chi connectivity index (χ0v) is 7.21. The zero-order valence-electron chi connectivity index (χ0n) is 7.21. The van der Waals surface area contributed by atoms with Crippen LogP contribution in [0, 0.1) is 5.92 Å². The van der Waals surface area contributed by atoms with Crippen molar-refractivity contribution >= 4 is 5.71 Å². The molecule has 1 aliphatic carbocycles. The van der Waals surface area contributed by atoms with Gasteiger partial charge >= 0.3 is 5.92 Å². The first kappa shape index (κ1) is 8.60. The molecule has 0 bridgehead atoms. The van der Waals surface area contributed by atoms with E-state index in [0.29, 0.717) is 0 Å². The lowest BCUT2D eigenvalue weighted by Crippen LogP contribution is -2.36. The molecule has 0 aromatic heterocycles. The van der Waals surface area contributed by atoms with Crippen molar-refractivity contribution in [3.63, 3.8) is 0 Å². The third kappa shape index (κ3) is 1.55. The van der Waals surface area contributed by atoms with Gasteiger partial charge in [-0.25, -0.2) is 0 Å². The van der Waals surface area contributed by atoms with Gasteiger partial charge in [-0.05, 0) is 25.0 Å². The van der Waals surface area contributed by atoms with Crippen molar-refractivity contribution < 1.29 is 8.78 Å². The summed E-state index contributed by atoms with van der Waals surface area (Å²) < 4.78 is 26.7. The van der Waals surface area contributed by atoms with E-state index >= 15 is 0 Å². The summed E-state index contributed by atoms with van der Waals surface area (Å²) in [6.07, 6.45) is 8.03. The molecular formula is C10H11F2N. The third-order valence-corrected chi connectivity index (χ3v) is 2.55. The maximum Gasteiger partial charge on any atom is 0.304 e. The van der Waals surface area contributed by atoms with Crippen LogP contribution in [0.3, 0.4) is 0 Å². The van der Waals surface area contributed by atoms with E-state index in [-0.39, 0.29) is 11.6 Å². The Morgan fingerprint density at radius 2 is 2.08 bits per heavy atom. The predicted molar refractivity (Wildman–Crippen MR) is 48.0 cm³/mol. The van der Waals surface area contributed by atoms with Crippen molar-refractivity contribution in [2.75, 3.05) is 0 Å². The van der Waals surface area contributed by atoms with Crippen molar-refractivity contribution in [2.24, 2.45) is 10.9 Å². The largest absolute Gasteiger partial charge is 0.304 e. The molecule has 2 aliphatic rings. The molecule has 13 heavy (non-hydrogen) atoms. The highest BCUT2D eigenvalue weighted by molar-refractivity contribution is 5.96. The van der Waals surface area contributed by atoms with Gasteiger partial charge in [0.15, 0.2) is 0 Å². The molecule has 2 rings (SSSR count). The Morgan fingerprint density at radius 1 is 1.31 bits per heavy atom. The molecule has 1 nitrogen and oxygen atoms in total. The Labute approximate surface area is 75.9 Å². The van der Waals surface area contributed by atoms with E-state index < -0.39 is 5.92 Å². The van der Waals surface area contributed by atoms with Crippen LogP contribution < -0.4 is 0 Å². The van der Waals surface area contributed by atoms with Gasteiger partial charge < -0.3 is 0 Å². The molecule has 0 atom stereocenters. The van der Waals surface area contributed by atoms with Crippen LogP contribution in [0.1, 0.15) is 19.3 Å². The number of rotatable bonds is 1. The first-order chi connectivity index (χ1) is 6.20. The first-order valence-electron chi connectivity index (χ1n) is 4.50. The Kier molecular flexibility index (Phi) is 2.02. The number of hydrogen-bond donors (Lipinski definition) is 0. The Morgan fingerprint density at radius 3 is 2.69 bits per heavy atom. The minimum absolute atomic E-state index is 0.00222. The van der Waals surface area contributed by atoms with Crippen LogP contribution >= 0.6 is 0 Å². The quantitative estimate of drug-likeness (QED) is 0.592. The lowest BCUT2D eigenvalue weighted by atomic mass is 9.79. The molecule has 0 aromatic carbocycles. The van der Waals surface area contributed by atoms with Gasteiger partial charge in [0.1, 0.15) is 0 Å². The molecule has 0 spiro atoms. The summed E-state index contributed by atoms with van der Waals surface area (Å²) in [5.74, 6) is -2.84. The molecule has 0 amide bonds. The highest BCUT2D eigenvalue weighted by Gasteiger charge is 2.40. The lowest BCUT2D eigenvalue weighted by Gasteiger charge is -2.29. The van der Waals surface area contributed by atoms with E-state index in [0.717, 1.165) is 25.3 Å². The van der Waals surface area contributed by atoms with Crippen LogP contribution in [0.4, 0.5) is 8.78 Å². The Balaban J connectivity index is 2.26. The standard InChI is InChI=1S/C10H11F2N/c11-10(12)6-1-2-7-13-9(10)8-4-3-5-8/h1-2,6-8H,3-5H2. The second-order valence-electron chi connectivity index (χ2n) is 3.47. The first-order valence-corrected chi connectivity index (χ1v) is 4.50. The molecule has 1 saturated carbocycles. The van der Waals surface area contributed by atoms with Crippen LogP contribution in [-0.2, 0) is 0 Å². The average molecular weight is 183 g/mol. The van der Waals surface area contributed by atoms with Gasteiger partial charge in [-0.3, -0.25) is 4.99 Å². The van der Waals surface area contributed by atoms with Gasteiger partial charge in [0.25, 0.3) is 0 Å². The topological polar surface area (TPSA) is 12.4 Å². The number of allylic oxidation sites excluding steroid dienone is 3. The van der Waals surface area contributed by atoms with E-state index in [2.05, 4.69) is 4.99 Å². The van der Waals surface area contributed by atoms with Crippen LogP contribution in [0.15, 0.2) is 29.4 Å². The van der Waals surface area contributed by atoms with E-state index in [4.69, 9.17) is 0 Å². The third-order valence-electron chi connectivity index (χ3n) is 2.55. The Hall–Kier alpha value is -0.990. The summed E-state index contributed by atoms with van der Waals surface area (Å²) in [5, 5.41) is 0. The van der Waals surface area contributed by atoms with Crippen molar-refractivity contribution in [3.05, 3.63) is 24.4 Å². The highest BCUT2D eigenvalue weighted by Crippen LogP contribution is 2.35. The molecule has 1 fully saturated rings. The van der Waals surface area contributed by atoms with Gasteiger partial charge in [-0.1, -0.05) is 12.5 Å².